The summed E-state index contributed by atoms with van der Waals surface area (Å²) in [4.78, 5) is 15.0. The zero-order chi connectivity index (χ0) is 26.5. The summed E-state index contributed by atoms with van der Waals surface area (Å²) in [7, 11) is -4.23. The van der Waals surface area contributed by atoms with E-state index in [0.717, 1.165) is 42.0 Å². The van der Waals surface area contributed by atoms with Crippen LogP contribution in [0.5, 0.6) is 0 Å². The van der Waals surface area contributed by atoms with E-state index in [-0.39, 0.29) is 17.1 Å². The van der Waals surface area contributed by atoms with E-state index in [1.54, 1.807) is 4.68 Å². The fourth-order valence-corrected chi connectivity index (χ4v) is 5.60. The molecule has 0 radical (unpaired) electrons. The van der Waals surface area contributed by atoms with Crippen molar-refractivity contribution in [2.75, 3.05) is 0 Å². The van der Waals surface area contributed by atoms with Crippen molar-refractivity contribution in [3.8, 4) is 16.4 Å². The largest absolute Gasteiger partial charge is 0.476 e. The minimum atomic E-state index is -4.23. The van der Waals surface area contributed by atoms with Gasteiger partial charge >= 0.3 is 5.97 Å². The topological polar surface area (TPSA) is 128 Å². The second kappa shape index (κ2) is 9.60. The predicted molar refractivity (Wildman–Crippen MR) is 134 cm³/mol. The van der Waals surface area contributed by atoms with Crippen molar-refractivity contribution in [3.05, 3.63) is 81.0 Å². The molecule has 4 aromatic rings. The molecule has 1 fully saturated rings. The Kier molecular flexibility index (Phi) is 6.61. The highest BCUT2D eigenvalue weighted by Gasteiger charge is 2.29. The van der Waals surface area contributed by atoms with Gasteiger partial charge in [0.1, 0.15) is 16.5 Å². The van der Waals surface area contributed by atoms with E-state index in [2.05, 4.69) is 4.98 Å². The van der Waals surface area contributed by atoms with E-state index < -0.39 is 32.5 Å². The lowest BCUT2D eigenvalue weighted by molar-refractivity contribution is 0.0691. The van der Waals surface area contributed by atoms with Gasteiger partial charge in [0.25, 0.3) is 0 Å². The number of benzene rings is 2. The standard InChI is InChI=1S/C24H19ClF2N4O4S2/c25-16-10-14(4-5-17(16)26)22-15(7-13-3-6-21(18(27)8-13)37(28,34)35)20(9-12-1-2-12)31(30-22)24-29-19(11-36-24)23(32)33/h3-6,8,10-12H,1-2,7,9H2,(H,32,33)(H2,28,34,35). The summed E-state index contributed by atoms with van der Waals surface area (Å²) in [6.07, 6.45) is 2.79. The van der Waals surface area contributed by atoms with Crippen molar-refractivity contribution in [2.45, 2.75) is 30.6 Å². The third-order valence-corrected chi connectivity index (χ3v) is 8.09. The first kappa shape index (κ1) is 25.5. The van der Waals surface area contributed by atoms with E-state index in [0.29, 0.717) is 39.9 Å². The molecule has 0 unspecified atom stereocenters. The first-order chi connectivity index (χ1) is 17.5. The highest BCUT2D eigenvalue weighted by Crippen LogP contribution is 2.38. The molecule has 0 spiro atoms. The van der Waals surface area contributed by atoms with Gasteiger partial charge in [0.15, 0.2) is 5.69 Å². The summed E-state index contributed by atoms with van der Waals surface area (Å²) in [5.74, 6) is -2.36. The lowest BCUT2D eigenvalue weighted by Gasteiger charge is -2.10. The third-order valence-electron chi connectivity index (χ3n) is 6.04. The summed E-state index contributed by atoms with van der Waals surface area (Å²) in [6, 6.07) is 7.85. The van der Waals surface area contributed by atoms with Crippen LogP contribution in [-0.4, -0.2) is 34.3 Å². The second-order valence-corrected chi connectivity index (χ2v) is 11.5. The number of nitrogens with zero attached hydrogens (tertiary/aromatic N) is 3. The molecule has 5 rings (SSSR count). The van der Waals surface area contributed by atoms with Gasteiger partial charge in [-0.3, -0.25) is 0 Å². The van der Waals surface area contributed by atoms with Gasteiger partial charge in [-0.1, -0.05) is 17.7 Å². The number of rotatable bonds is 8. The van der Waals surface area contributed by atoms with Crippen molar-refractivity contribution >= 4 is 38.9 Å². The van der Waals surface area contributed by atoms with E-state index in [4.69, 9.17) is 21.8 Å². The molecule has 1 aliphatic carbocycles. The van der Waals surface area contributed by atoms with Crippen molar-refractivity contribution in [1.29, 1.82) is 0 Å². The normalized spacial score (nSPS) is 13.7. The van der Waals surface area contributed by atoms with Crippen molar-refractivity contribution in [1.82, 2.24) is 14.8 Å². The molecule has 192 valence electrons. The van der Waals surface area contributed by atoms with Crippen LogP contribution in [0.2, 0.25) is 5.02 Å². The Morgan fingerprint density at radius 2 is 1.95 bits per heavy atom. The fourth-order valence-electron chi connectivity index (χ4n) is 4.06. The highest BCUT2D eigenvalue weighted by molar-refractivity contribution is 7.89. The maximum atomic E-state index is 14.6. The predicted octanol–water partition coefficient (Wildman–Crippen LogP) is 4.82. The van der Waals surface area contributed by atoms with Crippen LogP contribution < -0.4 is 5.14 Å². The Balaban J connectivity index is 1.69. The lowest BCUT2D eigenvalue weighted by atomic mass is 9.97. The van der Waals surface area contributed by atoms with Crippen molar-refractivity contribution in [2.24, 2.45) is 11.1 Å². The van der Waals surface area contributed by atoms with E-state index in [1.807, 2.05) is 0 Å². The van der Waals surface area contributed by atoms with E-state index >= 15 is 0 Å². The Morgan fingerprint density at radius 3 is 2.54 bits per heavy atom. The van der Waals surface area contributed by atoms with Crippen LogP contribution in [-0.2, 0) is 22.9 Å². The molecule has 2 aromatic heterocycles. The average Bonchev–Trinajstić information content (AvgIpc) is 3.38. The van der Waals surface area contributed by atoms with Gasteiger partial charge in [0, 0.05) is 22.9 Å². The number of carbonyl (C=O) groups is 1. The number of aromatic nitrogens is 3. The number of aromatic carboxylic acids is 1. The molecule has 0 atom stereocenters. The van der Waals surface area contributed by atoms with Crippen LogP contribution in [0.3, 0.4) is 0 Å². The fraction of sp³-hybridized carbons (Fsp3) is 0.208. The average molecular weight is 565 g/mol. The van der Waals surface area contributed by atoms with Crippen LogP contribution in [0.1, 0.15) is 40.2 Å². The minimum absolute atomic E-state index is 0.104. The summed E-state index contributed by atoms with van der Waals surface area (Å²) in [5.41, 5.74) is 2.72. The minimum Gasteiger partial charge on any atom is -0.476 e. The molecule has 2 heterocycles. The molecule has 13 heteroatoms. The Labute approximate surface area is 219 Å². The highest BCUT2D eigenvalue weighted by atomic mass is 35.5. The molecular weight excluding hydrogens is 546 g/mol. The van der Waals surface area contributed by atoms with Crippen molar-refractivity contribution < 1.29 is 27.1 Å². The van der Waals surface area contributed by atoms with Crippen LogP contribution >= 0.6 is 22.9 Å². The summed E-state index contributed by atoms with van der Waals surface area (Å²) < 4.78 is 53.4. The molecule has 8 nitrogen and oxygen atoms in total. The molecule has 0 bridgehead atoms. The van der Waals surface area contributed by atoms with Crippen LogP contribution in [0.15, 0.2) is 46.7 Å². The first-order valence-electron chi connectivity index (χ1n) is 11.1. The summed E-state index contributed by atoms with van der Waals surface area (Å²) in [6.45, 7) is 0. The molecule has 0 aliphatic heterocycles. The number of primary sulfonamides is 1. The summed E-state index contributed by atoms with van der Waals surface area (Å²) in [5, 5.41) is 20.8. The lowest BCUT2D eigenvalue weighted by Crippen LogP contribution is -2.14. The number of hydrogen-bond donors (Lipinski definition) is 2. The SMILES string of the molecule is NS(=O)(=O)c1ccc(Cc2c(-c3ccc(F)c(Cl)c3)nn(-c3nc(C(=O)O)cs3)c2CC2CC2)cc1F. The van der Waals surface area contributed by atoms with Gasteiger partial charge < -0.3 is 5.11 Å². The zero-order valence-corrected chi connectivity index (χ0v) is 21.4. The molecule has 1 saturated carbocycles. The third kappa shape index (κ3) is 5.28. The maximum Gasteiger partial charge on any atom is 0.355 e. The van der Waals surface area contributed by atoms with Gasteiger partial charge in [0.2, 0.25) is 15.2 Å². The van der Waals surface area contributed by atoms with Crippen LogP contribution in [0.4, 0.5) is 8.78 Å². The number of carboxylic acid groups (broad SMARTS) is 1. The first-order valence-corrected chi connectivity index (χ1v) is 13.9. The van der Waals surface area contributed by atoms with Gasteiger partial charge in [-0.25, -0.2) is 36.8 Å². The van der Waals surface area contributed by atoms with Crippen LogP contribution in [0, 0.1) is 17.6 Å². The Bertz CT molecular complexity index is 1650. The molecule has 3 N–H and O–H groups in total. The van der Waals surface area contributed by atoms with Crippen molar-refractivity contribution in [3.63, 3.8) is 0 Å². The molecule has 37 heavy (non-hydrogen) atoms. The van der Waals surface area contributed by atoms with Gasteiger partial charge in [0.05, 0.1) is 16.4 Å². The second-order valence-electron chi connectivity index (χ2n) is 8.77. The quantitative estimate of drug-likeness (QED) is 0.316. The van der Waals surface area contributed by atoms with Gasteiger partial charge in [-0.05, 0) is 61.1 Å². The Morgan fingerprint density at radius 1 is 1.19 bits per heavy atom. The maximum absolute atomic E-state index is 14.6. The molecule has 2 aromatic carbocycles. The molecule has 1 aliphatic rings. The number of hydrogen-bond acceptors (Lipinski definition) is 6. The Hall–Kier alpha value is -3.19. The number of halogens is 3. The smallest absolute Gasteiger partial charge is 0.355 e. The van der Waals surface area contributed by atoms with Crippen LogP contribution in [0.25, 0.3) is 16.4 Å². The number of thiazole rings is 1. The van der Waals surface area contributed by atoms with E-state index in [1.165, 1.54) is 29.6 Å². The molecule has 0 saturated heterocycles. The zero-order valence-electron chi connectivity index (χ0n) is 19.0. The number of nitrogens with two attached hydrogens (primary N) is 1. The van der Waals surface area contributed by atoms with Gasteiger partial charge in [-0.2, -0.15) is 5.10 Å². The number of sulfonamides is 1. The summed E-state index contributed by atoms with van der Waals surface area (Å²) >= 11 is 7.16. The van der Waals surface area contributed by atoms with Gasteiger partial charge in [-0.15, -0.1) is 11.3 Å². The van der Waals surface area contributed by atoms with E-state index in [9.17, 15) is 27.1 Å². The monoisotopic (exact) mass is 564 g/mol. The number of carboxylic acids is 1. The molecular formula is C24H19ClF2N4O4S2. The molecule has 0 amide bonds.